The van der Waals surface area contributed by atoms with Gasteiger partial charge in [-0.25, -0.2) is 9.37 Å². The van der Waals surface area contributed by atoms with E-state index >= 15 is 0 Å². The Hall–Kier alpha value is -2.76. The smallest absolute Gasteiger partial charge is 0.255 e. The number of benzene rings is 1. The van der Waals surface area contributed by atoms with E-state index in [2.05, 4.69) is 14.5 Å². The molecule has 3 heterocycles. The zero-order valence-corrected chi connectivity index (χ0v) is 14.0. The number of pyridine rings is 1. The second kappa shape index (κ2) is 6.27. The number of fused-ring (bicyclic) bond motifs is 1. The Labute approximate surface area is 145 Å². The predicted octanol–water partition coefficient (Wildman–Crippen LogP) is 3.36. The van der Waals surface area contributed by atoms with Crippen LogP contribution in [0.25, 0.3) is 10.9 Å². The Bertz CT molecular complexity index is 923. The van der Waals surface area contributed by atoms with Crippen molar-refractivity contribution < 1.29 is 9.18 Å². The third-order valence-electron chi connectivity index (χ3n) is 4.83. The standard InChI is InChI=1S/C19H19FN4O/c1-13-17(9-14-4-5-15(20)10-18(14)22-13)19(25)23-7-2-3-16(11-23)24-8-6-21-12-24/h4-6,8-10,12,16H,2-3,7,11H2,1H3. The van der Waals surface area contributed by atoms with Crippen molar-refractivity contribution in [1.82, 2.24) is 19.4 Å². The quantitative estimate of drug-likeness (QED) is 0.720. The zero-order chi connectivity index (χ0) is 17.4. The highest BCUT2D eigenvalue weighted by molar-refractivity contribution is 5.98. The molecule has 5 nitrogen and oxygen atoms in total. The summed E-state index contributed by atoms with van der Waals surface area (Å²) in [7, 11) is 0. The molecule has 0 saturated carbocycles. The van der Waals surface area contributed by atoms with Gasteiger partial charge in [-0.2, -0.15) is 0 Å². The molecule has 0 radical (unpaired) electrons. The van der Waals surface area contributed by atoms with Crippen molar-refractivity contribution >= 4 is 16.8 Å². The minimum Gasteiger partial charge on any atom is -0.337 e. The summed E-state index contributed by atoms with van der Waals surface area (Å²) in [5.74, 6) is -0.335. The molecule has 1 unspecified atom stereocenters. The number of nitrogens with zero attached hydrogens (tertiary/aromatic N) is 4. The van der Waals surface area contributed by atoms with Gasteiger partial charge in [-0.3, -0.25) is 9.78 Å². The van der Waals surface area contributed by atoms with Gasteiger partial charge < -0.3 is 9.47 Å². The summed E-state index contributed by atoms with van der Waals surface area (Å²) < 4.78 is 15.4. The molecule has 25 heavy (non-hydrogen) atoms. The van der Waals surface area contributed by atoms with E-state index in [0.29, 0.717) is 23.3 Å². The van der Waals surface area contributed by atoms with Crippen molar-refractivity contribution in [2.75, 3.05) is 13.1 Å². The monoisotopic (exact) mass is 338 g/mol. The van der Waals surface area contributed by atoms with Crippen LogP contribution in [0.4, 0.5) is 4.39 Å². The van der Waals surface area contributed by atoms with E-state index in [1.54, 1.807) is 25.5 Å². The largest absolute Gasteiger partial charge is 0.337 e. The molecule has 128 valence electrons. The van der Waals surface area contributed by atoms with Crippen LogP contribution < -0.4 is 0 Å². The molecule has 0 aliphatic carbocycles. The lowest BCUT2D eigenvalue weighted by Gasteiger charge is -2.33. The Morgan fingerprint density at radius 1 is 1.32 bits per heavy atom. The summed E-state index contributed by atoms with van der Waals surface area (Å²) in [6.45, 7) is 3.20. The van der Waals surface area contributed by atoms with Gasteiger partial charge in [0.15, 0.2) is 0 Å². The first-order valence-electron chi connectivity index (χ1n) is 8.45. The Kier molecular flexibility index (Phi) is 3.95. The van der Waals surface area contributed by atoms with E-state index in [1.807, 2.05) is 17.2 Å². The average Bonchev–Trinajstić information content (AvgIpc) is 3.15. The molecule has 6 heteroatoms. The molecule has 4 rings (SSSR count). The van der Waals surface area contributed by atoms with Crippen LogP contribution in [-0.4, -0.2) is 38.4 Å². The lowest BCUT2D eigenvalue weighted by atomic mass is 10.0. The van der Waals surface area contributed by atoms with Gasteiger partial charge in [-0.1, -0.05) is 0 Å². The molecule has 3 aromatic rings. The van der Waals surface area contributed by atoms with Crippen molar-refractivity contribution in [1.29, 1.82) is 0 Å². The van der Waals surface area contributed by atoms with Crippen molar-refractivity contribution in [2.45, 2.75) is 25.8 Å². The summed E-state index contributed by atoms with van der Waals surface area (Å²) >= 11 is 0. The molecule has 1 atom stereocenters. The van der Waals surface area contributed by atoms with Crippen LogP contribution in [0.3, 0.4) is 0 Å². The summed E-state index contributed by atoms with van der Waals surface area (Å²) in [4.78, 5) is 23.4. The molecule has 0 N–H and O–H groups in total. The van der Waals surface area contributed by atoms with Gasteiger partial charge in [-0.15, -0.1) is 0 Å². The van der Waals surface area contributed by atoms with Crippen LogP contribution in [0.15, 0.2) is 43.0 Å². The fourth-order valence-corrected chi connectivity index (χ4v) is 3.49. The van der Waals surface area contributed by atoms with Crippen LogP contribution >= 0.6 is 0 Å². The highest BCUT2D eigenvalue weighted by Gasteiger charge is 2.26. The first kappa shape index (κ1) is 15.7. The number of rotatable bonds is 2. The number of likely N-dealkylation sites (tertiary alicyclic amines) is 1. The first-order valence-corrected chi connectivity index (χ1v) is 8.45. The Morgan fingerprint density at radius 2 is 2.20 bits per heavy atom. The second-order valence-corrected chi connectivity index (χ2v) is 6.52. The minimum absolute atomic E-state index is 0.0129. The molecule has 1 amide bonds. The van der Waals surface area contributed by atoms with E-state index in [9.17, 15) is 9.18 Å². The maximum Gasteiger partial charge on any atom is 0.255 e. The fraction of sp³-hybridized carbons (Fsp3) is 0.316. The SMILES string of the molecule is Cc1nc2cc(F)ccc2cc1C(=O)N1CCCC(n2ccnc2)C1. The Balaban J connectivity index is 1.62. The zero-order valence-electron chi connectivity index (χ0n) is 14.0. The van der Waals surface area contributed by atoms with Crippen LogP contribution in [0.2, 0.25) is 0 Å². The fourth-order valence-electron chi connectivity index (χ4n) is 3.49. The number of hydrogen-bond donors (Lipinski definition) is 0. The minimum atomic E-state index is -0.322. The Morgan fingerprint density at radius 3 is 3.00 bits per heavy atom. The first-order chi connectivity index (χ1) is 12.1. The van der Waals surface area contributed by atoms with Crippen LogP contribution in [0.1, 0.15) is 34.9 Å². The van der Waals surface area contributed by atoms with Gasteiger partial charge in [-0.05, 0) is 38.0 Å². The molecule has 1 aromatic carbocycles. The molecule has 1 saturated heterocycles. The van der Waals surface area contributed by atoms with Crippen LogP contribution in [0.5, 0.6) is 0 Å². The number of aryl methyl sites for hydroxylation is 1. The van der Waals surface area contributed by atoms with E-state index in [0.717, 1.165) is 24.8 Å². The van der Waals surface area contributed by atoms with Crippen molar-refractivity contribution in [3.63, 3.8) is 0 Å². The van der Waals surface area contributed by atoms with Crippen molar-refractivity contribution in [2.24, 2.45) is 0 Å². The third kappa shape index (κ3) is 2.99. The number of hydrogen-bond acceptors (Lipinski definition) is 3. The lowest BCUT2D eigenvalue weighted by molar-refractivity contribution is 0.0678. The summed E-state index contributed by atoms with van der Waals surface area (Å²) in [6.07, 6.45) is 7.50. The van der Waals surface area contributed by atoms with Crippen LogP contribution in [0, 0.1) is 12.7 Å². The number of aromatic nitrogens is 3. The van der Waals surface area contributed by atoms with Crippen molar-refractivity contribution in [3.8, 4) is 0 Å². The topological polar surface area (TPSA) is 51.0 Å². The maximum absolute atomic E-state index is 13.4. The summed E-state index contributed by atoms with van der Waals surface area (Å²) in [5.41, 5.74) is 1.79. The van der Waals surface area contributed by atoms with Crippen molar-refractivity contribution in [3.05, 3.63) is 60.1 Å². The third-order valence-corrected chi connectivity index (χ3v) is 4.83. The lowest BCUT2D eigenvalue weighted by Crippen LogP contribution is -2.40. The number of halogens is 1. The molecule has 2 aromatic heterocycles. The van der Waals surface area contributed by atoms with Gasteiger partial charge in [0.25, 0.3) is 5.91 Å². The van der Waals surface area contributed by atoms with E-state index in [1.165, 1.54) is 12.1 Å². The number of carbonyl (C=O) groups excluding carboxylic acids is 1. The number of piperidine rings is 1. The maximum atomic E-state index is 13.4. The highest BCUT2D eigenvalue weighted by Crippen LogP contribution is 2.24. The summed E-state index contributed by atoms with van der Waals surface area (Å²) in [5, 5.41) is 0.776. The molecule has 1 aliphatic rings. The van der Waals surface area contributed by atoms with Gasteiger partial charge in [0, 0.05) is 36.9 Å². The molecule has 1 fully saturated rings. The number of imidazole rings is 1. The number of carbonyl (C=O) groups is 1. The highest BCUT2D eigenvalue weighted by atomic mass is 19.1. The van der Waals surface area contributed by atoms with E-state index in [4.69, 9.17) is 0 Å². The number of amides is 1. The van der Waals surface area contributed by atoms with E-state index in [-0.39, 0.29) is 17.8 Å². The van der Waals surface area contributed by atoms with E-state index < -0.39 is 0 Å². The average molecular weight is 338 g/mol. The second-order valence-electron chi connectivity index (χ2n) is 6.52. The van der Waals surface area contributed by atoms with Gasteiger partial charge >= 0.3 is 0 Å². The molecular weight excluding hydrogens is 319 g/mol. The van der Waals surface area contributed by atoms with Gasteiger partial charge in [0.05, 0.1) is 29.1 Å². The molecule has 0 spiro atoms. The van der Waals surface area contributed by atoms with Gasteiger partial charge in [0.1, 0.15) is 5.82 Å². The summed E-state index contributed by atoms with van der Waals surface area (Å²) in [6, 6.07) is 6.53. The van der Waals surface area contributed by atoms with Crippen LogP contribution in [-0.2, 0) is 0 Å². The molecular formula is C19H19FN4O. The van der Waals surface area contributed by atoms with Gasteiger partial charge in [0.2, 0.25) is 0 Å². The molecule has 0 bridgehead atoms. The normalized spacial score (nSPS) is 17.8. The predicted molar refractivity (Wildman–Crippen MR) is 92.8 cm³/mol. The molecule has 1 aliphatic heterocycles.